The summed E-state index contributed by atoms with van der Waals surface area (Å²) in [6.07, 6.45) is 12.1. The lowest BCUT2D eigenvalue weighted by molar-refractivity contribution is -0.120. The van der Waals surface area contributed by atoms with Crippen LogP contribution in [0.4, 0.5) is 5.69 Å². The quantitative estimate of drug-likeness (QED) is 0.890. The van der Waals surface area contributed by atoms with Gasteiger partial charge in [0.1, 0.15) is 12.1 Å². The topological polar surface area (TPSA) is 72.3 Å². The Morgan fingerprint density at radius 2 is 2.04 bits per heavy atom. The molecule has 0 spiro atoms. The first-order valence-corrected chi connectivity index (χ1v) is 9.32. The van der Waals surface area contributed by atoms with Crippen LogP contribution in [0.5, 0.6) is 0 Å². The van der Waals surface area contributed by atoms with Gasteiger partial charge in [0.2, 0.25) is 5.91 Å². The summed E-state index contributed by atoms with van der Waals surface area (Å²) >= 11 is 0. The Morgan fingerprint density at radius 3 is 2.69 bits per heavy atom. The van der Waals surface area contributed by atoms with E-state index in [1.54, 1.807) is 18.7 Å². The number of nitrogens with zero attached hydrogens (tertiary/aromatic N) is 4. The molecule has 2 aliphatic rings. The number of carbonyl (C=O) groups is 1. The van der Waals surface area contributed by atoms with Crippen molar-refractivity contribution in [1.29, 1.82) is 0 Å². The van der Waals surface area contributed by atoms with E-state index in [2.05, 4.69) is 20.2 Å². The third kappa shape index (κ3) is 3.64. The molecule has 1 aliphatic carbocycles. The summed E-state index contributed by atoms with van der Waals surface area (Å²) in [5.74, 6) is 0.844. The number of imidazole rings is 1. The normalized spacial score (nSPS) is 20.2. The minimum atomic E-state index is -0.00194. The molecule has 4 rings (SSSR count). The maximum Gasteiger partial charge on any atom is 0.226 e. The molecule has 0 aromatic carbocycles. The van der Waals surface area contributed by atoms with Gasteiger partial charge in [-0.15, -0.1) is 0 Å². The summed E-state index contributed by atoms with van der Waals surface area (Å²) in [6.45, 7) is 3.38. The number of hydrogen-bond donors (Lipinski definition) is 1. The number of carbonyl (C=O) groups excluding carboxylic acids is 1. The van der Waals surface area contributed by atoms with Crippen molar-refractivity contribution in [3.8, 4) is 5.82 Å². The maximum absolute atomic E-state index is 12.7. The third-order valence-corrected chi connectivity index (χ3v) is 5.51. The largest absolute Gasteiger partial charge is 0.379 e. The molecule has 2 aromatic heterocycles. The average Bonchev–Trinajstić information content (AvgIpc) is 3.36. The lowest BCUT2D eigenvalue weighted by Gasteiger charge is -2.43. The number of nitrogens with one attached hydrogen (secondary N) is 1. The van der Waals surface area contributed by atoms with Crippen molar-refractivity contribution >= 4 is 11.6 Å². The Morgan fingerprint density at radius 1 is 1.23 bits per heavy atom. The third-order valence-electron chi connectivity index (χ3n) is 5.51. The Hall–Kier alpha value is -2.25. The van der Waals surface area contributed by atoms with E-state index in [1.165, 1.54) is 12.8 Å². The van der Waals surface area contributed by atoms with Crippen molar-refractivity contribution in [2.75, 3.05) is 31.6 Å². The summed E-state index contributed by atoms with van der Waals surface area (Å²) in [5.41, 5.74) is 0.729. The number of aromatic nitrogens is 3. The summed E-state index contributed by atoms with van der Waals surface area (Å²) in [5, 5.41) is 3.02. The van der Waals surface area contributed by atoms with Crippen LogP contribution in [0, 0.1) is 0 Å². The van der Waals surface area contributed by atoms with Crippen LogP contribution in [0.3, 0.4) is 0 Å². The lowest BCUT2D eigenvalue weighted by atomic mass is 9.90. The van der Waals surface area contributed by atoms with E-state index < -0.39 is 0 Å². The highest BCUT2D eigenvalue weighted by Gasteiger charge is 2.41. The average molecular weight is 355 g/mol. The summed E-state index contributed by atoms with van der Waals surface area (Å²) < 4.78 is 7.32. The second-order valence-electron chi connectivity index (χ2n) is 7.13. The van der Waals surface area contributed by atoms with E-state index in [0.717, 1.165) is 50.7 Å². The van der Waals surface area contributed by atoms with Gasteiger partial charge in [-0.2, -0.15) is 0 Å². The van der Waals surface area contributed by atoms with Gasteiger partial charge < -0.3 is 10.1 Å². The molecule has 0 unspecified atom stereocenters. The van der Waals surface area contributed by atoms with Crippen LogP contribution in [-0.4, -0.2) is 57.2 Å². The number of hydrogen-bond acceptors (Lipinski definition) is 5. The van der Waals surface area contributed by atoms with Crippen molar-refractivity contribution in [2.24, 2.45) is 0 Å². The monoisotopic (exact) mass is 355 g/mol. The first-order chi connectivity index (χ1) is 12.8. The zero-order valence-corrected chi connectivity index (χ0v) is 14.9. The van der Waals surface area contributed by atoms with Crippen molar-refractivity contribution in [1.82, 2.24) is 19.4 Å². The molecule has 2 fully saturated rings. The van der Waals surface area contributed by atoms with E-state index in [0.29, 0.717) is 6.42 Å². The molecular weight excluding hydrogens is 330 g/mol. The van der Waals surface area contributed by atoms with Gasteiger partial charge in [0.15, 0.2) is 0 Å². The summed E-state index contributed by atoms with van der Waals surface area (Å²) in [4.78, 5) is 23.6. The van der Waals surface area contributed by atoms with E-state index in [-0.39, 0.29) is 11.4 Å². The van der Waals surface area contributed by atoms with Crippen LogP contribution in [-0.2, 0) is 9.53 Å². The molecule has 1 saturated heterocycles. The highest BCUT2D eigenvalue weighted by Crippen LogP contribution is 2.38. The zero-order valence-electron chi connectivity index (χ0n) is 14.9. The number of ether oxygens (including phenoxy) is 1. The van der Waals surface area contributed by atoms with E-state index in [1.807, 2.05) is 22.9 Å². The fourth-order valence-corrected chi connectivity index (χ4v) is 4.19. The van der Waals surface area contributed by atoms with Crippen molar-refractivity contribution in [2.45, 2.75) is 37.6 Å². The molecule has 0 atom stereocenters. The summed E-state index contributed by atoms with van der Waals surface area (Å²) in [7, 11) is 0. The molecule has 0 radical (unpaired) electrons. The molecular formula is C19H25N5O2. The minimum Gasteiger partial charge on any atom is -0.379 e. The van der Waals surface area contributed by atoms with Gasteiger partial charge in [0, 0.05) is 37.4 Å². The van der Waals surface area contributed by atoms with E-state index in [4.69, 9.17) is 4.74 Å². The van der Waals surface area contributed by atoms with Crippen LogP contribution in [0.1, 0.15) is 32.1 Å². The Bertz CT molecular complexity index is 717. The van der Waals surface area contributed by atoms with Crippen LogP contribution in [0.2, 0.25) is 0 Å². The van der Waals surface area contributed by atoms with Gasteiger partial charge >= 0.3 is 0 Å². The Kier molecular flexibility index (Phi) is 4.99. The van der Waals surface area contributed by atoms with Gasteiger partial charge in [-0.25, -0.2) is 9.97 Å². The lowest BCUT2D eigenvalue weighted by Crippen LogP contribution is -2.53. The van der Waals surface area contributed by atoms with Gasteiger partial charge in [-0.1, -0.05) is 12.8 Å². The molecule has 1 N–H and O–H groups in total. The first-order valence-electron chi connectivity index (χ1n) is 9.32. The maximum atomic E-state index is 12.7. The molecule has 2 aromatic rings. The smallest absolute Gasteiger partial charge is 0.226 e. The standard InChI is InChI=1S/C19H25N5O2/c25-18(13-19(5-1-2-6-19)24-9-11-26-12-10-24)22-16-3-4-17(21-14-16)23-8-7-20-15-23/h3-4,7-8,14-15H,1-2,5-6,9-13H2,(H,22,25). The van der Waals surface area contributed by atoms with Crippen LogP contribution < -0.4 is 5.32 Å². The Balaban J connectivity index is 1.40. The molecule has 1 aliphatic heterocycles. The predicted molar refractivity (Wildman–Crippen MR) is 98.2 cm³/mol. The first kappa shape index (κ1) is 17.2. The second-order valence-corrected chi connectivity index (χ2v) is 7.13. The van der Waals surface area contributed by atoms with E-state index >= 15 is 0 Å². The number of morpholine rings is 1. The van der Waals surface area contributed by atoms with Crippen molar-refractivity contribution in [3.63, 3.8) is 0 Å². The van der Waals surface area contributed by atoms with Crippen molar-refractivity contribution in [3.05, 3.63) is 37.1 Å². The van der Waals surface area contributed by atoms with Gasteiger partial charge in [-0.05, 0) is 25.0 Å². The fourth-order valence-electron chi connectivity index (χ4n) is 4.19. The van der Waals surface area contributed by atoms with Crippen molar-refractivity contribution < 1.29 is 9.53 Å². The molecule has 138 valence electrons. The Labute approximate surface area is 153 Å². The molecule has 7 heteroatoms. The second kappa shape index (κ2) is 7.55. The minimum absolute atomic E-state index is 0.00194. The van der Waals surface area contributed by atoms with Gasteiger partial charge in [0.05, 0.1) is 25.1 Å². The molecule has 0 bridgehead atoms. The number of pyridine rings is 1. The van der Waals surface area contributed by atoms with Gasteiger partial charge in [0.25, 0.3) is 0 Å². The molecule has 1 saturated carbocycles. The summed E-state index contributed by atoms with van der Waals surface area (Å²) in [6, 6.07) is 3.76. The van der Waals surface area contributed by atoms with Crippen LogP contribution in [0.15, 0.2) is 37.1 Å². The molecule has 3 heterocycles. The fraction of sp³-hybridized carbons (Fsp3) is 0.526. The molecule has 26 heavy (non-hydrogen) atoms. The van der Waals surface area contributed by atoms with Crippen LogP contribution in [0.25, 0.3) is 5.82 Å². The highest BCUT2D eigenvalue weighted by atomic mass is 16.5. The SMILES string of the molecule is O=C(CC1(N2CCOCC2)CCCC1)Nc1ccc(-n2ccnc2)nc1. The number of rotatable bonds is 5. The van der Waals surface area contributed by atoms with Crippen LogP contribution >= 0.6 is 0 Å². The molecule has 1 amide bonds. The van der Waals surface area contributed by atoms with Gasteiger partial charge in [-0.3, -0.25) is 14.3 Å². The molecule has 7 nitrogen and oxygen atoms in total. The number of amides is 1. The number of anilines is 1. The predicted octanol–water partition coefficient (Wildman–Crippen LogP) is 2.24. The van der Waals surface area contributed by atoms with E-state index in [9.17, 15) is 4.79 Å². The zero-order chi connectivity index (χ0) is 17.8. The highest BCUT2D eigenvalue weighted by molar-refractivity contribution is 5.91.